The molecule has 0 aromatic heterocycles. The van der Waals surface area contributed by atoms with Crippen LogP contribution < -0.4 is 5.32 Å². The third-order valence-electron chi connectivity index (χ3n) is 3.25. The van der Waals surface area contributed by atoms with E-state index in [0.29, 0.717) is 11.1 Å². The Bertz CT molecular complexity index is 727. The monoisotopic (exact) mass is 361 g/mol. The molecule has 1 N–H and O–H groups in total. The van der Waals surface area contributed by atoms with E-state index in [1.807, 2.05) is 0 Å². The Morgan fingerprint density at radius 1 is 1.09 bits per heavy atom. The molecule has 2 nitrogen and oxygen atoms in total. The van der Waals surface area contributed by atoms with Gasteiger partial charge in [0.2, 0.25) is 0 Å². The number of halogens is 5. The molecule has 0 aliphatic carbocycles. The van der Waals surface area contributed by atoms with Crippen molar-refractivity contribution >= 4 is 29.1 Å². The maximum Gasteiger partial charge on any atom is 0.416 e. The third-order valence-corrected chi connectivity index (χ3v) is 4.05. The Balaban J connectivity index is 2.10. The SMILES string of the molecule is Cc1ccc(Cl)c(C(=O)NCc2ccc(C(F)(F)F)cc2)c1Cl. The maximum atomic E-state index is 12.5. The molecule has 0 unspecified atom stereocenters. The Labute approximate surface area is 141 Å². The minimum absolute atomic E-state index is 0.0670. The van der Waals surface area contributed by atoms with E-state index in [4.69, 9.17) is 23.2 Å². The fourth-order valence-electron chi connectivity index (χ4n) is 1.95. The Kier molecular flexibility index (Phi) is 5.22. The number of carbonyl (C=O) groups excluding carboxylic acids is 1. The zero-order chi connectivity index (χ0) is 17.2. The molecular weight excluding hydrogens is 350 g/mol. The van der Waals surface area contributed by atoms with Crippen molar-refractivity contribution in [3.05, 3.63) is 68.7 Å². The minimum atomic E-state index is -4.38. The molecular formula is C16H12Cl2F3NO. The van der Waals surface area contributed by atoms with Crippen molar-refractivity contribution in [2.75, 3.05) is 0 Å². The highest BCUT2D eigenvalue weighted by molar-refractivity contribution is 6.40. The Hall–Kier alpha value is -1.72. The number of nitrogens with one attached hydrogen (secondary N) is 1. The predicted molar refractivity (Wildman–Crippen MR) is 83.8 cm³/mol. The zero-order valence-electron chi connectivity index (χ0n) is 12.0. The fraction of sp³-hybridized carbons (Fsp3) is 0.188. The van der Waals surface area contributed by atoms with Crippen LogP contribution in [-0.2, 0) is 12.7 Å². The molecule has 1 amide bonds. The largest absolute Gasteiger partial charge is 0.416 e. The highest BCUT2D eigenvalue weighted by Crippen LogP contribution is 2.29. The van der Waals surface area contributed by atoms with Gasteiger partial charge >= 0.3 is 6.18 Å². The third kappa shape index (κ3) is 4.18. The van der Waals surface area contributed by atoms with Gasteiger partial charge in [-0.3, -0.25) is 4.79 Å². The van der Waals surface area contributed by atoms with Gasteiger partial charge in [0.25, 0.3) is 5.91 Å². The van der Waals surface area contributed by atoms with Gasteiger partial charge in [-0.05, 0) is 36.2 Å². The van der Waals surface area contributed by atoms with E-state index >= 15 is 0 Å². The summed E-state index contributed by atoms with van der Waals surface area (Å²) < 4.78 is 37.4. The summed E-state index contributed by atoms with van der Waals surface area (Å²) in [5.74, 6) is -0.483. The second-order valence-corrected chi connectivity index (χ2v) is 5.72. The van der Waals surface area contributed by atoms with Crippen molar-refractivity contribution < 1.29 is 18.0 Å². The average molecular weight is 362 g/mol. The predicted octanol–water partition coefficient (Wildman–Crippen LogP) is 5.25. The van der Waals surface area contributed by atoms with Gasteiger partial charge in [-0.15, -0.1) is 0 Å². The van der Waals surface area contributed by atoms with Crippen LogP contribution in [0, 0.1) is 6.92 Å². The molecule has 0 radical (unpaired) electrons. The molecule has 2 aromatic carbocycles. The van der Waals surface area contributed by atoms with Crippen molar-refractivity contribution in [3.8, 4) is 0 Å². The quantitative estimate of drug-likeness (QED) is 0.794. The van der Waals surface area contributed by atoms with Crippen LogP contribution in [0.1, 0.15) is 27.0 Å². The zero-order valence-corrected chi connectivity index (χ0v) is 13.5. The summed E-state index contributed by atoms with van der Waals surface area (Å²) in [4.78, 5) is 12.2. The lowest BCUT2D eigenvalue weighted by Crippen LogP contribution is -2.23. The van der Waals surface area contributed by atoms with E-state index in [-0.39, 0.29) is 22.2 Å². The summed E-state index contributed by atoms with van der Waals surface area (Å²) in [7, 11) is 0. The van der Waals surface area contributed by atoms with Crippen molar-refractivity contribution in [1.29, 1.82) is 0 Å². The lowest BCUT2D eigenvalue weighted by molar-refractivity contribution is -0.137. The first-order valence-electron chi connectivity index (χ1n) is 6.59. The molecule has 0 saturated carbocycles. The van der Waals surface area contributed by atoms with Crippen LogP contribution in [-0.4, -0.2) is 5.91 Å². The molecule has 0 aliphatic heterocycles. The lowest BCUT2D eigenvalue weighted by Gasteiger charge is -2.11. The lowest BCUT2D eigenvalue weighted by atomic mass is 10.1. The van der Waals surface area contributed by atoms with Crippen LogP contribution in [0.2, 0.25) is 10.0 Å². The molecule has 2 rings (SSSR count). The number of aryl methyl sites for hydroxylation is 1. The van der Waals surface area contributed by atoms with Crippen LogP contribution in [0.5, 0.6) is 0 Å². The van der Waals surface area contributed by atoms with Gasteiger partial charge in [-0.1, -0.05) is 41.4 Å². The van der Waals surface area contributed by atoms with Crippen molar-refractivity contribution in [2.24, 2.45) is 0 Å². The van der Waals surface area contributed by atoms with E-state index in [2.05, 4.69) is 5.32 Å². The first-order valence-corrected chi connectivity index (χ1v) is 7.34. The van der Waals surface area contributed by atoms with Crippen molar-refractivity contribution in [3.63, 3.8) is 0 Å². The van der Waals surface area contributed by atoms with E-state index in [1.54, 1.807) is 19.1 Å². The van der Waals surface area contributed by atoms with Gasteiger partial charge in [0, 0.05) is 6.54 Å². The van der Waals surface area contributed by atoms with Crippen LogP contribution in [0.4, 0.5) is 13.2 Å². The smallest absolute Gasteiger partial charge is 0.348 e. The van der Waals surface area contributed by atoms with Crippen LogP contribution in [0.3, 0.4) is 0 Å². The number of amides is 1. The van der Waals surface area contributed by atoms with Gasteiger partial charge in [0.1, 0.15) is 0 Å². The number of benzene rings is 2. The highest BCUT2D eigenvalue weighted by atomic mass is 35.5. The fourth-order valence-corrected chi connectivity index (χ4v) is 2.49. The summed E-state index contributed by atoms with van der Waals surface area (Å²) >= 11 is 12.1. The maximum absolute atomic E-state index is 12.5. The number of hydrogen-bond acceptors (Lipinski definition) is 1. The summed E-state index contributed by atoms with van der Waals surface area (Å²) in [6.45, 7) is 1.81. The van der Waals surface area contributed by atoms with E-state index in [0.717, 1.165) is 12.1 Å². The molecule has 0 spiro atoms. The van der Waals surface area contributed by atoms with Gasteiger partial charge in [0.05, 0.1) is 21.2 Å². The molecule has 7 heteroatoms. The average Bonchev–Trinajstić information content (AvgIpc) is 2.49. The number of alkyl halides is 3. The van der Waals surface area contributed by atoms with E-state index < -0.39 is 17.6 Å². The summed E-state index contributed by atoms with van der Waals surface area (Å²) in [6.07, 6.45) is -4.38. The van der Waals surface area contributed by atoms with E-state index in [9.17, 15) is 18.0 Å². The first kappa shape index (κ1) is 17.6. The van der Waals surface area contributed by atoms with Crippen molar-refractivity contribution in [1.82, 2.24) is 5.32 Å². The Morgan fingerprint density at radius 2 is 1.70 bits per heavy atom. The van der Waals surface area contributed by atoms with E-state index in [1.165, 1.54) is 12.1 Å². The van der Waals surface area contributed by atoms with Crippen LogP contribution in [0.25, 0.3) is 0 Å². The number of rotatable bonds is 3. The minimum Gasteiger partial charge on any atom is -0.348 e. The van der Waals surface area contributed by atoms with Gasteiger partial charge in [-0.2, -0.15) is 13.2 Å². The summed E-state index contributed by atoms with van der Waals surface area (Å²) in [6, 6.07) is 7.81. The molecule has 122 valence electrons. The summed E-state index contributed by atoms with van der Waals surface area (Å²) in [5, 5.41) is 3.06. The molecule has 23 heavy (non-hydrogen) atoms. The normalized spacial score (nSPS) is 11.4. The Morgan fingerprint density at radius 3 is 2.26 bits per heavy atom. The second kappa shape index (κ2) is 6.81. The van der Waals surface area contributed by atoms with Gasteiger partial charge < -0.3 is 5.32 Å². The molecule has 0 heterocycles. The molecule has 0 aliphatic rings. The van der Waals surface area contributed by atoms with Gasteiger partial charge in [0.15, 0.2) is 0 Å². The van der Waals surface area contributed by atoms with Gasteiger partial charge in [-0.25, -0.2) is 0 Å². The second-order valence-electron chi connectivity index (χ2n) is 4.93. The molecule has 2 aromatic rings. The first-order chi connectivity index (χ1) is 10.7. The van der Waals surface area contributed by atoms with Crippen molar-refractivity contribution in [2.45, 2.75) is 19.6 Å². The number of carbonyl (C=O) groups is 1. The van der Waals surface area contributed by atoms with Crippen LogP contribution in [0.15, 0.2) is 36.4 Å². The molecule has 0 saturated heterocycles. The molecule has 0 atom stereocenters. The highest BCUT2D eigenvalue weighted by Gasteiger charge is 2.29. The molecule has 0 fully saturated rings. The topological polar surface area (TPSA) is 29.1 Å². The standard InChI is InChI=1S/C16H12Cl2F3NO/c1-9-2-7-12(17)13(14(9)18)15(23)22-8-10-3-5-11(6-4-10)16(19,20)21/h2-7H,8H2,1H3,(H,22,23). The summed E-state index contributed by atoms with van der Waals surface area (Å²) in [5.41, 5.74) is 0.652. The van der Waals surface area contributed by atoms with Crippen LogP contribution >= 0.6 is 23.2 Å². The number of hydrogen-bond donors (Lipinski definition) is 1. The molecule has 0 bridgehead atoms.